The van der Waals surface area contributed by atoms with Crippen molar-refractivity contribution in [2.24, 2.45) is 0 Å². The molecule has 0 aliphatic heterocycles. The third-order valence-electron chi connectivity index (χ3n) is 5.47. The highest BCUT2D eigenvalue weighted by molar-refractivity contribution is 5.86. The largest absolute Gasteiger partial charge is 0.548 e. The molecule has 0 spiro atoms. The second kappa shape index (κ2) is 9.55. The topological polar surface area (TPSA) is 129 Å². The number of methoxy groups -OCH3 is 1. The molecule has 0 aliphatic rings. The molecule has 0 bridgehead atoms. The van der Waals surface area contributed by atoms with Gasteiger partial charge in [-0.05, 0) is 62.1 Å². The molecule has 0 aliphatic carbocycles. The van der Waals surface area contributed by atoms with Crippen molar-refractivity contribution in [2.45, 2.75) is 39.2 Å². The molecule has 168 valence electrons. The highest BCUT2D eigenvalue weighted by Gasteiger charge is 2.18. The smallest absolute Gasteiger partial charge is 0.339 e. The molecule has 1 aromatic heterocycles. The van der Waals surface area contributed by atoms with Crippen LogP contribution in [-0.4, -0.2) is 30.1 Å². The Hall–Kier alpha value is -3.81. The van der Waals surface area contributed by atoms with Gasteiger partial charge in [0.1, 0.15) is 17.1 Å². The summed E-state index contributed by atoms with van der Waals surface area (Å²) in [6, 6.07) is 8.35. The fourth-order valence-corrected chi connectivity index (χ4v) is 3.65. The SMILES string of the molecule is COc1ccc2c(C)c(CCC(=O)N[C@@H](Cc3ccc(O)cc3)C(=O)[O-])c(=O)oc2c1C. The summed E-state index contributed by atoms with van der Waals surface area (Å²) in [5.41, 5.74) is 2.29. The van der Waals surface area contributed by atoms with Crippen LogP contribution in [0.2, 0.25) is 0 Å². The average Bonchev–Trinajstić information content (AvgIpc) is 2.75. The van der Waals surface area contributed by atoms with E-state index in [4.69, 9.17) is 9.15 Å². The van der Waals surface area contributed by atoms with Crippen LogP contribution in [0, 0.1) is 13.8 Å². The molecule has 0 fully saturated rings. The Labute approximate surface area is 184 Å². The summed E-state index contributed by atoms with van der Waals surface area (Å²) in [6.07, 6.45) is 0.0121. The Bertz CT molecular complexity index is 1210. The number of carbonyl (C=O) groups excluding carboxylic acids is 2. The lowest BCUT2D eigenvalue weighted by Crippen LogP contribution is -2.49. The van der Waals surface area contributed by atoms with Crippen LogP contribution < -0.4 is 20.8 Å². The summed E-state index contributed by atoms with van der Waals surface area (Å²) >= 11 is 0. The molecule has 1 atom stereocenters. The number of fused-ring (bicyclic) bond motifs is 1. The van der Waals surface area contributed by atoms with E-state index in [1.54, 1.807) is 38.1 Å². The third kappa shape index (κ3) is 4.91. The molecule has 8 heteroatoms. The number of carboxylic acids is 1. The molecule has 32 heavy (non-hydrogen) atoms. The number of hydrogen-bond acceptors (Lipinski definition) is 7. The van der Waals surface area contributed by atoms with Crippen LogP contribution in [0.25, 0.3) is 11.0 Å². The number of aliphatic carboxylic acids is 1. The molecule has 0 unspecified atom stereocenters. The first-order chi connectivity index (χ1) is 15.2. The molecule has 0 saturated carbocycles. The van der Waals surface area contributed by atoms with Gasteiger partial charge in [-0.2, -0.15) is 0 Å². The van der Waals surface area contributed by atoms with Crippen molar-refractivity contribution in [3.8, 4) is 11.5 Å². The lowest BCUT2D eigenvalue weighted by Gasteiger charge is -2.20. The molecule has 0 saturated heterocycles. The van der Waals surface area contributed by atoms with Crippen molar-refractivity contribution in [3.05, 3.63) is 69.1 Å². The Morgan fingerprint density at radius 2 is 1.81 bits per heavy atom. The molecule has 1 amide bonds. The van der Waals surface area contributed by atoms with Gasteiger partial charge in [-0.3, -0.25) is 4.79 Å². The summed E-state index contributed by atoms with van der Waals surface area (Å²) in [6.45, 7) is 3.58. The molecule has 8 nitrogen and oxygen atoms in total. The highest BCUT2D eigenvalue weighted by Crippen LogP contribution is 2.29. The number of phenolic OH excluding ortho intramolecular Hbond substituents is 1. The zero-order chi connectivity index (χ0) is 23.4. The Morgan fingerprint density at radius 3 is 2.44 bits per heavy atom. The normalized spacial score (nSPS) is 11.8. The first-order valence-electron chi connectivity index (χ1n) is 10.1. The summed E-state index contributed by atoms with van der Waals surface area (Å²) in [7, 11) is 1.54. The number of ether oxygens (including phenoxy) is 1. The van der Waals surface area contributed by atoms with E-state index in [1.165, 1.54) is 19.2 Å². The van der Waals surface area contributed by atoms with E-state index >= 15 is 0 Å². The van der Waals surface area contributed by atoms with Crippen LogP contribution in [-0.2, 0) is 22.4 Å². The second-order valence-electron chi connectivity index (χ2n) is 7.57. The Kier molecular flexibility index (Phi) is 6.82. The molecule has 3 rings (SSSR count). The summed E-state index contributed by atoms with van der Waals surface area (Å²) in [5, 5.41) is 24.0. The number of carbonyl (C=O) groups is 2. The van der Waals surface area contributed by atoms with Gasteiger partial charge in [-0.15, -0.1) is 0 Å². The number of nitrogens with one attached hydrogen (secondary N) is 1. The van der Waals surface area contributed by atoms with E-state index in [9.17, 15) is 24.6 Å². The van der Waals surface area contributed by atoms with Crippen molar-refractivity contribution in [3.63, 3.8) is 0 Å². The lowest BCUT2D eigenvalue weighted by atomic mass is 10.00. The predicted octanol–water partition coefficient (Wildman–Crippen LogP) is 1.53. The van der Waals surface area contributed by atoms with E-state index in [-0.39, 0.29) is 25.0 Å². The number of amides is 1. The molecule has 2 aromatic carbocycles. The number of aromatic hydroxyl groups is 1. The highest BCUT2D eigenvalue weighted by atomic mass is 16.5. The molecule has 2 N–H and O–H groups in total. The zero-order valence-corrected chi connectivity index (χ0v) is 18.1. The minimum absolute atomic E-state index is 0.00655. The van der Waals surface area contributed by atoms with Gasteiger partial charge in [-0.1, -0.05) is 12.1 Å². The Morgan fingerprint density at radius 1 is 1.12 bits per heavy atom. The maximum Gasteiger partial charge on any atom is 0.339 e. The number of hydrogen-bond donors (Lipinski definition) is 2. The molecular weight excluding hydrogens is 414 g/mol. The molecular formula is C24H24NO7-. The zero-order valence-electron chi connectivity index (χ0n) is 18.1. The summed E-state index contributed by atoms with van der Waals surface area (Å²) in [4.78, 5) is 36.4. The predicted molar refractivity (Wildman–Crippen MR) is 116 cm³/mol. The van der Waals surface area contributed by atoms with Crippen LogP contribution in [0.1, 0.15) is 28.7 Å². The molecule has 1 heterocycles. The van der Waals surface area contributed by atoms with E-state index < -0.39 is 23.5 Å². The van der Waals surface area contributed by atoms with Gasteiger partial charge in [0.15, 0.2) is 0 Å². The van der Waals surface area contributed by atoms with Gasteiger partial charge >= 0.3 is 5.63 Å². The monoisotopic (exact) mass is 438 g/mol. The van der Waals surface area contributed by atoms with E-state index in [0.717, 1.165) is 5.39 Å². The quantitative estimate of drug-likeness (QED) is 0.510. The van der Waals surface area contributed by atoms with Gasteiger partial charge in [0.05, 0.1) is 19.1 Å². The maximum atomic E-state index is 12.6. The van der Waals surface area contributed by atoms with Gasteiger partial charge in [0.25, 0.3) is 0 Å². The first-order valence-corrected chi connectivity index (χ1v) is 10.1. The minimum atomic E-state index is -1.42. The van der Waals surface area contributed by atoms with E-state index in [0.29, 0.717) is 33.6 Å². The standard InChI is InChI=1S/C24H25NO7/c1-13-17-8-10-20(31-3)14(2)22(17)32-24(30)18(13)9-11-21(27)25-19(23(28)29)12-15-4-6-16(26)7-5-15/h4-8,10,19,26H,9,11-12H2,1-3H3,(H,25,27)(H,28,29)/p-1/t19-/m0/s1. The second-order valence-corrected chi connectivity index (χ2v) is 7.57. The average molecular weight is 438 g/mol. The van der Waals surface area contributed by atoms with Crippen molar-refractivity contribution >= 4 is 22.8 Å². The first kappa shape index (κ1) is 22.9. The molecule has 0 radical (unpaired) electrons. The maximum absolute atomic E-state index is 12.6. The fourth-order valence-electron chi connectivity index (χ4n) is 3.65. The van der Waals surface area contributed by atoms with Gasteiger partial charge in [-0.25, -0.2) is 4.79 Å². The van der Waals surface area contributed by atoms with Crippen molar-refractivity contribution < 1.29 is 29.0 Å². The van der Waals surface area contributed by atoms with Crippen molar-refractivity contribution in [2.75, 3.05) is 7.11 Å². The van der Waals surface area contributed by atoms with Gasteiger partial charge in [0.2, 0.25) is 5.91 Å². The van der Waals surface area contributed by atoms with E-state index in [1.807, 2.05) is 0 Å². The van der Waals surface area contributed by atoms with Crippen LogP contribution in [0.4, 0.5) is 0 Å². The Balaban J connectivity index is 1.73. The summed E-state index contributed by atoms with van der Waals surface area (Å²) < 4.78 is 10.8. The number of aryl methyl sites for hydroxylation is 2. The minimum Gasteiger partial charge on any atom is -0.548 e. The lowest BCUT2D eigenvalue weighted by molar-refractivity contribution is -0.308. The number of carboxylic acid groups (broad SMARTS) is 1. The number of phenols is 1. The van der Waals surface area contributed by atoms with Gasteiger partial charge < -0.3 is 29.5 Å². The third-order valence-corrected chi connectivity index (χ3v) is 5.47. The van der Waals surface area contributed by atoms with Crippen LogP contribution in [0.15, 0.2) is 45.6 Å². The van der Waals surface area contributed by atoms with Crippen molar-refractivity contribution in [1.82, 2.24) is 5.32 Å². The van der Waals surface area contributed by atoms with Crippen LogP contribution >= 0.6 is 0 Å². The fraction of sp³-hybridized carbons (Fsp3) is 0.292. The number of benzene rings is 2. The van der Waals surface area contributed by atoms with Crippen LogP contribution in [0.5, 0.6) is 11.5 Å². The van der Waals surface area contributed by atoms with E-state index in [2.05, 4.69) is 5.32 Å². The summed E-state index contributed by atoms with van der Waals surface area (Å²) in [5.74, 6) is -1.28. The van der Waals surface area contributed by atoms with Crippen LogP contribution in [0.3, 0.4) is 0 Å². The van der Waals surface area contributed by atoms with Gasteiger partial charge in [0, 0.05) is 22.9 Å². The molecule has 3 aromatic rings. The van der Waals surface area contributed by atoms with Crippen molar-refractivity contribution in [1.29, 1.82) is 0 Å². The number of rotatable bonds is 8.